The van der Waals surface area contributed by atoms with Crippen molar-refractivity contribution in [2.45, 2.75) is 26.9 Å². The number of rotatable bonds is 5. The number of carbonyl (C=O) groups is 1. The maximum Gasteiger partial charge on any atom is 0.302 e. The third-order valence-electron chi connectivity index (χ3n) is 1.93. The zero-order valence-corrected chi connectivity index (χ0v) is 8.95. The van der Waals surface area contributed by atoms with E-state index < -0.39 is 5.97 Å². The predicted molar refractivity (Wildman–Crippen MR) is 60.7 cm³/mol. The lowest BCUT2D eigenvalue weighted by molar-refractivity contribution is -0.142. The first-order valence-electron chi connectivity index (χ1n) is 5.74. The average Bonchev–Trinajstić information content (AvgIpc) is 2.34. The van der Waals surface area contributed by atoms with Crippen molar-refractivity contribution in [1.29, 1.82) is 0 Å². The second-order valence-electron chi connectivity index (χ2n) is 3.28. The molecule has 0 aliphatic rings. The quantitative estimate of drug-likeness (QED) is 0.756. The molecule has 1 rings (SSSR count). The van der Waals surface area contributed by atoms with Gasteiger partial charge in [-0.05, 0) is 24.1 Å². The van der Waals surface area contributed by atoms with E-state index in [0.29, 0.717) is 0 Å². The van der Waals surface area contributed by atoms with Crippen molar-refractivity contribution in [3.63, 3.8) is 0 Å². The first-order valence-corrected chi connectivity index (χ1v) is 5.04. The predicted octanol–water partition coefficient (Wildman–Crippen LogP) is 2.57. The summed E-state index contributed by atoms with van der Waals surface area (Å²) >= 11 is 0. The molecule has 1 N–H and O–H groups in total. The van der Waals surface area contributed by atoms with Crippen LogP contribution in [0.25, 0.3) is 0 Å². The van der Waals surface area contributed by atoms with E-state index in [1.54, 1.807) is 0 Å². The molecule has 0 unspecified atom stereocenters. The summed E-state index contributed by atoms with van der Waals surface area (Å²) in [7, 11) is 0. The second-order valence-corrected chi connectivity index (χ2v) is 3.28. The third kappa shape index (κ3) is 4.49. The van der Waals surface area contributed by atoms with E-state index in [9.17, 15) is 4.79 Å². The molecule has 3 nitrogen and oxygen atoms in total. The van der Waals surface area contributed by atoms with Crippen molar-refractivity contribution in [2.75, 3.05) is 11.9 Å². The van der Waals surface area contributed by atoms with Crippen LogP contribution >= 0.6 is 0 Å². The van der Waals surface area contributed by atoms with Crippen LogP contribution in [0.2, 0.25) is 0 Å². The second kappa shape index (κ2) is 6.06. The largest absolute Gasteiger partial charge is 0.461 e. The highest BCUT2D eigenvalue weighted by molar-refractivity contribution is 5.65. The SMILES string of the molecule is [2H]CC(=O)OCc1ccc(NCCC)cc1. The van der Waals surface area contributed by atoms with Crippen molar-refractivity contribution < 1.29 is 10.9 Å². The first-order chi connectivity index (χ1) is 7.76. The third-order valence-corrected chi connectivity index (χ3v) is 1.93. The standard InChI is InChI=1S/C12H17NO2/c1-3-8-13-12-6-4-11(5-7-12)9-15-10(2)14/h4-7,13H,3,8-9H2,1-2H3/i2D. The molecule has 1 aromatic carbocycles. The Morgan fingerprint density at radius 3 is 2.80 bits per heavy atom. The topological polar surface area (TPSA) is 38.3 Å². The molecule has 1 aromatic rings. The van der Waals surface area contributed by atoms with Gasteiger partial charge < -0.3 is 10.1 Å². The molecule has 0 fully saturated rings. The van der Waals surface area contributed by atoms with Gasteiger partial charge in [0, 0.05) is 20.5 Å². The van der Waals surface area contributed by atoms with Gasteiger partial charge in [0.1, 0.15) is 6.61 Å². The number of ether oxygens (including phenoxy) is 1. The van der Waals surface area contributed by atoms with Gasteiger partial charge in [0.2, 0.25) is 0 Å². The zero-order valence-electron chi connectivity index (χ0n) is 9.95. The normalized spacial score (nSPS) is 10.6. The van der Waals surface area contributed by atoms with Gasteiger partial charge >= 0.3 is 5.97 Å². The van der Waals surface area contributed by atoms with E-state index in [0.717, 1.165) is 24.2 Å². The van der Waals surface area contributed by atoms with E-state index in [2.05, 4.69) is 12.2 Å². The highest BCUT2D eigenvalue weighted by atomic mass is 16.5. The Morgan fingerprint density at radius 1 is 1.47 bits per heavy atom. The lowest BCUT2D eigenvalue weighted by atomic mass is 10.2. The molecule has 0 saturated carbocycles. The van der Waals surface area contributed by atoms with Gasteiger partial charge in [-0.15, -0.1) is 0 Å². The maximum absolute atomic E-state index is 10.8. The summed E-state index contributed by atoms with van der Waals surface area (Å²) in [5.41, 5.74) is 2.00. The highest BCUT2D eigenvalue weighted by Gasteiger charge is 1.96. The maximum atomic E-state index is 10.8. The van der Waals surface area contributed by atoms with Gasteiger partial charge in [-0.25, -0.2) is 0 Å². The monoisotopic (exact) mass is 208 g/mol. The molecule has 0 amide bonds. The molecular weight excluding hydrogens is 190 g/mol. The van der Waals surface area contributed by atoms with E-state index >= 15 is 0 Å². The fraction of sp³-hybridized carbons (Fsp3) is 0.417. The van der Waals surface area contributed by atoms with Gasteiger partial charge in [0.15, 0.2) is 0 Å². The molecule has 0 radical (unpaired) electrons. The number of esters is 1. The molecule has 0 saturated heterocycles. The number of hydrogen-bond acceptors (Lipinski definition) is 3. The van der Waals surface area contributed by atoms with Crippen molar-refractivity contribution in [3.8, 4) is 0 Å². The molecule has 0 aliphatic carbocycles. The van der Waals surface area contributed by atoms with E-state index in [1.165, 1.54) is 0 Å². The van der Waals surface area contributed by atoms with Crippen LogP contribution in [0.4, 0.5) is 5.69 Å². The van der Waals surface area contributed by atoms with Gasteiger partial charge in [0.25, 0.3) is 0 Å². The molecule has 0 aromatic heterocycles. The van der Waals surface area contributed by atoms with Crippen LogP contribution in [0.5, 0.6) is 0 Å². The minimum absolute atomic E-state index is 0.242. The smallest absolute Gasteiger partial charge is 0.302 e. The average molecular weight is 208 g/mol. The molecule has 0 heterocycles. The molecule has 82 valence electrons. The Morgan fingerprint density at radius 2 is 2.20 bits per heavy atom. The fourth-order valence-electron chi connectivity index (χ4n) is 1.15. The fourth-order valence-corrected chi connectivity index (χ4v) is 1.15. The Labute approximate surface area is 91.9 Å². The molecule has 3 heteroatoms. The lowest BCUT2D eigenvalue weighted by Gasteiger charge is -2.06. The van der Waals surface area contributed by atoms with Gasteiger partial charge in [-0.3, -0.25) is 4.79 Å². The number of carbonyl (C=O) groups excluding carboxylic acids is 1. The van der Waals surface area contributed by atoms with Gasteiger partial charge in [-0.1, -0.05) is 19.1 Å². The van der Waals surface area contributed by atoms with Crippen LogP contribution < -0.4 is 5.32 Å². The molecule has 0 spiro atoms. The first kappa shape index (κ1) is 10.0. The Balaban J connectivity index is 2.41. The number of hydrogen-bond donors (Lipinski definition) is 1. The van der Waals surface area contributed by atoms with Crippen molar-refractivity contribution in [1.82, 2.24) is 0 Å². The molecule has 0 aliphatic heterocycles. The number of nitrogens with one attached hydrogen (secondary N) is 1. The lowest BCUT2D eigenvalue weighted by Crippen LogP contribution is -2.01. The Hall–Kier alpha value is -1.51. The van der Waals surface area contributed by atoms with E-state index in [1.807, 2.05) is 24.3 Å². The minimum Gasteiger partial charge on any atom is -0.461 e. The summed E-state index contributed by atoms with van der Waals surface area (Å²) in [4.78, 5) is 10.8. The molecular formula is C12H17NO2. The highest BCUT2D eigenvalue weighted by Crippen LogP contribution is 2.10. The number of benzene rings is 1. The Kier molecular flexibility index (Phi) is 4.05. The van der Waals surface area contributed by atoms with Crippen LogP contribution in [0, 0.1) is 0 Å². The van der Waals surface area contributed by atoms with Crippen LogP contribution in [0.1, 0.15) is 27.2 Å². The van der Waals surface area contributed by atoms with Crippen LogP contribution in [0.15, 0.2) is 24.3 Å². The number of anilines is 1. The molecule has 15 heavy (non-hydrogen) atoms. The summed E-state index contributed by atoms with van der Waals surface area (Å²) < 4.78 is 11.7. The summed E-state index contributed by atoms with van der Waals surface area (Å²) in [5.74, 6) is -0.492. The van der Waals surface area contributed by atoms with Crippen molar-refractivity contribution >= 4 is 11.7 Å². The van der Waals surface area contributed by atoms with E-state index in [-0.39, 0.29) is 13.5 Å². The van der Waals surface area contributed by atoms with E-state index in [4.69, 9.17) is 6.11 Å². The minimum atomic E-state index is -0.492. The summed E-state index contributed by atoms with van der Waals surface area (Å²) in [6.07, 6.45) is 1.09. The molecule has 0 atom stereocenters. The molecule has 0 bridgehead atoms. The zero-order chi connectivity index (χ0) is 11.8. The van der Waals surface area contributed by atoms with Gasteiger partial charge in [0.05, 0.1) is 0 Å². The van der Waals surface area contributed by atoms with Crippen LogP contribution in [-0.2, 0) is 16.1 Å². The summed E-state index contributed by atoms with van der Waals surface area (Å²) in [6, 6.07) is 7.74. The van der Waals surface area contributed by atoms with Crippen molar-refractivity contribution in [3.05, 3.63) is 29.8 Å². The summed E-state index contributed by atoms with van der Waals surface area (Å²) in [5, 5.41) is 3.26. The van der Waals surface area contributed by atoms with Gasteiger partial charge in [-0.2, -0.15) is 0 Å². The Bertz CT molecular complexity index is 324. The van der Waals surface area contributed by atoms with Crippen molar-refractivity contribution in [2.24, 2.45) is 0 Å². The van der Waals surface area contributed by atoms with Crippen LogP contribution in [0.3, 0.4) is 0 Å². The van der Waals surface area contributed by atoms with Crippen LogP contribution in [-0.4, -0.2) is 12.5 Å². The summed E-state index contributed by atoms with van der Waals surface area (Å²) in [6.45, 7) is 2.98.